The van der Waals surface area contributed by atoms with Crippen LogP contribution in [-0.2, 0) is 16.2 Å². The second kappa shape index (κ2) is 7.76. The van der Waals surface area contributed by atoms with Crippen LogP contribution in [0.25, 0.3) is 0 Å². The summed E-state index contributed by atoms with van der Waals surface area (Å²) in [5.41, 5.74) is 2.01. The van der Waals surface area contributed by atoms with E-state index < -0.39 is 11.8 Å². The minimum absolute atomic E-state index is 0.0621. The Morgan fingerprint density at radius 1 is 1.00 bits per heavy atom. The molecule has 0 saturated carbocycles. The molecular formula is C20H18N2O4. The quantitative estimate of drug-likeness (QED) is 0.492. The number of hydrogen-bond donors (Lipinski definition) is 1. The number of hydroxylamine groups is 2. The van der Waals surface area contributed by atoms with Gasteiger partial charge in [-0.05, 0) is 24.6 Å². The zero-order valence-corrected chi connectivity index (χ0v) is 14.3. The molecule has 1 aliphatic heterocycles. The molecule has 3 rings (SSSR count). The van der Waals surface area contributed by atoms with E-state index in [0.29, 0.717) is 16.7 Å². The molecule has 1 N–H and O–H groups in total. The molecule has 0 radical (unpaired) electrons. The number of carbonyl (C=O) groups is 2. The van der Waals surface area contributed by atoms with Gasteiger partial charge < -0.3 is 4.74 Å². The van der Waals surface area contributed by atoms with E-state index in [1.165, 1.54) is 0 Å². The molecule has 1 heterocycles. The lowest BCUT2D eigenvalue weighted by Gasteiger charge is -2.16. The number of carbonyl (C=O) groups excluding carboxylic acids is 2. The topological polar surface area (TPSA) is 79.7 Å². The van der Waals surface area contributed by atoms with Crippen LogP contribution in [-0.4, -0.2) is 29.4 Å². The number of benzene rings is 2. The third kappa shape index (κ3) is 3.55. The lowest BCUT2D eigenvalue weighted by atomic mass is 10.1. The van der Waals surface area contributed by atoms with Crippen molar-refractivity contribution < 1.29 is 19.2 Å². The second-order valence-corrected chi connectivity index (χ2v) is 5.64. The Labute approximate surface area is 151 Å². The van der Waals surface area contributed by atoms with Gasteiger partial charge >= 0.3 is 0 Å². The smallest absolute Gasteiger partial charge is 0.285 e. The SMILES string of the molecule is CC=C(CON1C(=O)c2ccccc2C1=O)C(=N)OCc1ccccc1. The standard InChI is InChI=1S/C20H18N2O4/c1-2-15(18(21)25-12-14-8-4-3-5-9-14)13-26-22-19(23)16-10-6-7-11-17(16)20(22)24/h2-11,21H,12-13H2,1H3. The molecule has 26 heavy (non-hydrogen) atoms. The molecule has 1 aliphatic rings. The molecule has 0 fully saturated rings. The number of allylic oxidation sites excluding steroid dienone is 1. The van der Waals surface area contributed by atoms with Crippen LogP contribution in [0.4, 0.5) is 0 Å². The summed E-state index contributed by atoms with van der Waals surface area (Å²) in [5, 5.41) is 8.77. The van der Waals surface area contributed by atoms with E-state index in [9.17, 15) is 9.59 Å². The summed E-state index contributed by atoms with van der Waals surface area (Å²) >= 11 is 0. The summed E-state index contributed by atoms with van der Waals surface area (Å²) in [4.78, 5) is 29.9. The van der Waals surface area contributed by atoms with Crippen LogP contribution >= 0.6 is 0 Å². The van der Waals surface area contributed by atoms with E-state index in [4.69, 9.17) is 15.0 Å². The van der Waals surface area contributed by atoms with Crippen molar-refractivity contribution >= 4 is 17.7 Å². The number of amides is 2. The Morgan fingerprint density at radius 3 is 2.15 bits per heavy atom. The number of hydrogen-bond acceptors (Lipinski definition) is 5. The normalized spacial score (nSPS) is 13.7. The van der Waals surface area contributed by atoms with Crippen molar-refractivity contribution in [2.24, 2.45) is 0 Å². The van der Waals surface area contributed by atoms with Gasteiger partial charge in [0.25, 0.3) is 11.8 Å². The molecule has 0 atom stereocenters. The molecule has 6 nitrogen and oxygen atoms in total. The van der Waals surface area contributed by atoms with Crippen LogP contribution in [0.3, 0.4) is 0 Å². The highest BCUT2D eigenvalue weighted by atomic mass is 16.7. The Morgan fingerprint density at radius 2 is 1.58 bits per heavy atom. The van der Waals surface area contributed by atoms with Crippen molar-refractivity contribution in [2.45, 2.75) is 13.5 Å². The predicted octanol–water partition coefficient (Wildman–Crippen LogP) is 3.35. The molecule has 2 aromatic carbocycles. The highest BCUT2D eigenvalue weighted by Gasteiger charge is 2.36. The van der Waals surface area contributed by atoms with Gasteiger partial charge in [0, 0.05) is 5.57 Å². The summed E-state index contributed by atoms with van der Waals surface area (Å²) < 4.78 is 5.46. The first kappa shape index (κ1) is 17.6. The van der Waals surface area contributed by atoms with Gasteiger partial charge in [-0.25, -0.2) is 0 Å². The van der Waals surface area contributed by atoms with Gasteiger partial charge in [0.05, 0.1) is 11.1 Å². The minimum Gasteiger partial charge on any atom is -0.473 e. The predicted molar refractivity (Wildman–Crippen MR) is 95.6 cm³/mol. The van der Waals surface area contributed by atoms with Gasteiger partial charge in [-0.15, -0.1) is 5.06 Å². The Kier molecular flexibility index (Phi) is 5.24. The highest BCUT2D eigenvalue weighted by molar-refractivity contribution is 6.20. The number of rotatable bonds is 6. The first-order valence-electron chi connectivity index (χ1n) is 8.13. The Hall–Kier alpha value is -3.25. The Bertz CT molecular complexity index is 839. The molecular weight excluding hydrogens is 332 g/mol. The molecule has 0 saturated heterocycles. The average molecular weight is 350 g/mol. The summed E-state index contributed by atoms with van der Waals surface area (Å²) in [6.45, 7) is 1.88. The summed E-state index contributed by atoms with van der Waals surface area (Å²) in [5.74, 6) is -1.07. The lowest BCUT2D eigenvalue weighted by molar-refractivity contribution is -0.0818. The highest BCUT2D eigenvalue weighted by Crippen LogP contribution is 2.23. The van der Waals surface area contributed by atoms with Gasteiger partial charge in [-0.1, -0.05) is 48.5 Å². The van der Waals surface area contributed by atoms with Crippen molar-refractivity contribution in [3.63, 3.8) is 0 Å². The largest absolute Gasteiger partial charge is 0.473 e. The van der Waals surface area contributed by atoms with Crippen molar-refractivity contribution in [3.8, 4) is 0 Å². The number of imide groups is 1. The van der Waals surface area contributed by atoms with Crippen molar-refractivity contribution in [1.82, 2.24) is 5.06 Å². The summed E-state index contributed by atoms with van der Waals surface area (Å²) in [7, 11) is 0. The van der Waals surface area contributed by atoms with E-state index >= 15 is 0 Å². The van der Waals surface area contributed by atoms with Crippen molar-refractivity contribution in [1.29, 1.82) is 5.41 Å². The van der Waals surface area contributed by atoms with Gasteiger partial charge in [0.1, 0.15) is 13.2 Å². The minimum atomic E-state index is -0.502. The third-order valence-electron chi connectivity index (χ3n) is 3.97. The van der Waals surface area contributed by atoms with E-state index in [0.717, 1.165) is 10.6 Å². The van der Waals surface area contributed by atoms with Crippen LogP contribution in [0.1, 0.15) is 33.2 Å². The average Bonchev–Trinajstić information content (AvgIpc) is 2.92. The van der Waals surface area contributed by atoms with Gasteiger partial charge in [-0.2, -0.15) is 0 Å². The molecule has 2 aromatic rings. The number of nitrogens with one attached hydrogen (secondary N) is 1. The maximum absolute atomic E-state index is 12.3. The summed E-state index contributed by atoms with van der Waals surface area (Å²) in [6.07, 6.45) is 1.66. The van der Waals surface area contributed by atoms with E-state index in [1.807, 2.05) is 30.3 Å². The zero-order valence-electron chi connectivity index (χ0n) is 14.3. The zero-order chi connectivity index (χ0) is 18.5. The molecule has 0 spiro atoms. The van der Waals surface area contributed by atoms with E-state index in [2.05, 4.69) is 0 Å². The number of nitrogens with zero attached hydrogens (tertiary/aromatic N) is 1. The number of fused-ring (bicyclic) bond motifs is 1. The van der Waals surface area contributed by atoms with Crippen LogP contribution in [0, 0.1) is 5.41 Å². The van der Waals surface area contributed by atoms with Gasteiger partial charge in [0.2, 0.25) is 5.90 Å². The van der Waals surface area contributed by atoms with Gasteiger partial charge in [-0.3, -0.25) is 19.8 Å². The maximum atomic E-state index is 12.3. The van der Waals surface area contributed by atoms with E-state index in [1.54, 1.807) is 37.3 Å². The van der Waals surface area contributed by atoms with Crippen LogP contribution < -0.4 is 0 Å². The molecule has 0 aromatic heterocycles. The Balaban J connectivity index is 1.59. The van der Waals surface area contributed by atoms with Crippen LogP contribution in [0.2, 0.25) is 0 Å². The first-order valence-corrected chi connectivity index (χ1v) is 8.13. The molecule has 0 unspecified atom stereocenters. The van der Waals surface area contributed by atoms with Crippen molar-refractivity contribution in [3.05, 3.63) is 82.9 Å². The molecule has 6 heteroatoms. The monoisotopic (exact) mass is 350 g/mol. The second-order valence-electron chi connectivity index (χ2n) is 5.64. The third-order valence-corrected chi connectivity index (χ3v) is 3.97. The van der Waals surface area contributed by atoms with Crippen LogP contribution in [0.15, 0.2) is 66.2 Å². The van der Waals surface area contributed by atoms with Crippen LogP contribution in [0.5, 0.6) is 0 Å². The fourth-order valence-corrected chi connectivity index (χ4v) is 2.52. The van der Waals surface area contributed by atoms with Crippen molar-refractivity contribution in [2.75, 3.05) is 6.61 Å². The number of ether oxygens (including phenoxy) is 1. The lowest BCUT2D eigenvalue weighted by Crippen LogP contribution is -2.31. The summed E-state index contributed by atoms with van der Waals surface area (Å²) in [6, 6.07) is 16.0. The molecule has 2 amide bonds. The maximum Gasteiger partial charge on any atom is 0.285 e. The fraction of sp³-hybridized carbons (Fsp3) is 0.150. The van der Waals surface area contributed by atoms with E-state index in [-0.39, 0.29) is 19.1 Å². The first-order chi connectivity index (χ1) is 12.6. The fourth-order valence-electron chi connectivity index (χ4n) is 2.52. The molecule has 132 valence electrons. The molecule has 0 aliphatic carbocycles. The van der Waals surface area contributed by atoms with Gasteiger partial charge in [0.15, 0.2) is 0 Å². The molecule has 0 bridgehead atoms.